The molecular weight excluding hydrogens is 370 g/mol. The highest BCUT2D eigenvalue weighted by atomic mass is 79.9. The smallest absolute Gasteiger partial charge is 0.274 e. The Morgan fingerprint density at radius 1 is 1.46 bits per heavy atom. The number of hydrogen-bond acceptors (Lipinski definition) is 5. The van der Waals surface area contributed by atoms with Gasteiger partial charge in [-0.1, -0.05) is 6.92 Å². The molecule has 1 saturated heterocycles. The molecule has 0 radical (unpaired) electrons. The lowest BCUT2D eigenvalue weighted by molar-refractivity contribution is 0.466. The number of rotatable bonds is 4. The van der Waals surface area contributed by atoms with Crippen LogP contribution in [-0.4, -0.2) is 35.2 Å². The minimum absolute atomic E-state index is 0.0859. The normalized spacial score (nSPS) is 17.8. The van der Waals surface area contributed by atoms with Crippen LogP contribution in [0.15, 0.2) is 39.9 Å². The maximum absolute atomic E-state index is 12.2. The van der Waals surface area contributed by atoms with Crippen LogP contribution in [-0.2, 0) is 7.05 Å². The number of aryl methyl sites for hydroxylation is 1. The lowest BCUT2D eigenvalue weighted by Crippen LogP contribution is -2.51. The van der Waals surface area contributed by atoms with E-state index in [0.29, 0.717) is 17.5 Å². The molecule has 0 saturated carbocycles. The van der Waals surface area contributed by atoms with E-state index in [4.69, 9.17) is 0 Å². The van der Waals surface area contributed by atoms with Gasteiger partial charge >= 0.3 is 0 Å². The number of pyridine rings is 2. The van der Waals surface area contributed by atoms with E-state index < -0.39 is 0 Å². The van der Waals surface area contributed by atoms with E-state index in [2.05, 4.69) is 49.4 Å². The largest absolute Gasteiger partial charge is 0.365 e. The summed E-state index contributed by atoms with van der Waals surface area (Å²) in [4.78, 5) is 19.0. The van der Waals surface area contributed by atoms with Gasteiger partial charge in [0.1, 0.15) is 11.5 Å². The fourth-order valence-corrected chi connectivity index (χ4v) is 3.53. The molecule has 0 aromatic carbocycles. The summed E-state index contributed by atoms with van der Waals surface area (Å²) in [5.41, 5.74) is 1.54. The molecule has 1 atom stereocenters. The van der Waals surface area contributed by atoms with Crippen molar-refractivity contribution in [2.75, 3.05) is 29.9 Å². The van der Waals surface area contributed by atoms with E-state index in [1.807, 2.05) is 12.3 Å². The summed E-state index contributed by atoms with van der Waals surface area (Å²) in [7, 11) is 1.73. The van der Waals surface area contributed by atoms with Crippen molar-refractivity contribution in [3.63, 3.8) is 0 Å². The van der Waals surface area contributed by atoms with Gasteiger partial charge in [-0.15, -0.1) is 0 Å². The molecule has 7 heteroatoms. The minimum Gasteiger partial charge on any atom is -0.365 e. The fraction of sp³-hybridized carbons (Fsp3) is 0.412. The molecule has 6 nitrogen and oxygen atoms in total. The van der Waals surface area contributed by atoms with Crippen LogP contribution in [0.25, 0.3) is 0 Å². The van der Waals surface area contributed by atoms with E-state index in [1.54, 1.807) is 19.3 Å². The summed E-state index contributed by atoms with van der Waals surface area (Å²) in [6.07, 6.45) is 4.71. The van der Waals surface area contributed by atoms with Gasteiger partial charge < -0.3 is 20.1 Å². The molecule has 1 fully saturated rings. The second-order valence-electron chi connectivity index (χ2n) is 5.97. The first kappa shape index (κ1) is 17.0. The van der Waals surface area contributed by atoms with Crippen molar-refractivity contribution < 1.29 is 0 Å². The van der Waals surface area contributed by atoms with Crippen molar-refractivity contribution in [2.45, 2.75) is 19.4 Å². The molecule has 0 amide bonds. The predicted octanol–water partition coefficient (Wildman–Crippen LogP) is 2.47. The zero-order valence-corrected chi connectivity index (χ0v) is 15.5. The van der Waals surface area contributed by atoms with Crippen LogP contribution in [0.5, 0.6) is 0 Å². The minimum atomic E-state index is -0.0859. The highest BCUT2D eigenvalue weighted by molar-refractivity contribution is 9.10. The van der Waals surface area contributed by atoms with E-state index in [9.17, 15) is 4.79 Å². The van der Waals surface area contributed by atoms with Crippen molar-refractivity contribution in [1.29, 1.82) is 0 Å². The Morgan fingerprint density at radius 3 is 3.00 bits per heavy atom. The van der Waals surface area contributed by atoms with Crippen molar-refractivity contribution in [2.24, 2.45) is 7.05 Å². The third-order valence-electron chi connectivity index (χ3n) is 4.31. The summed E-state index contributed by atoms with van der Waals surface area (Å²) in [5.74, 6) is 0.664. The summed E-state index contributed by atoms with van der Waals surface area (Å²) in [6.45, 7) is 5.19. The Hall–Kier alpha value is -1.86. The number of halogens is 1. The zero-order valence-electron chi connectivity index (χ0n) is 13.9. The topological polar surface area (TPSA) is 62.2 Å². The van der Waals surface area contributed by atoms with Gasteiger partial charge in [0, 0.05) is 43.4 Å². The van der Waals surface area contributed by atoms with Gasteiger partial charge in [-0.2, -0.15) is 0 Å². The lowest BCUT2D eigenvalue weighted by Gasteiger charge is -2.37. The molecule has 128 valence electrons. The highest BCUT2D eigenvalue weighted by Gasteiger charge is 2.20. The van der Waals surface area contributed by atoms with Crippen molar-refractivity contribution in [3.8, 4) is 0 Å². The first-order valence-electron chi connectivity index (χ1n) is 8.15. The van der Waals surface area contributed by atoms with Crippen LogP contribution in [0.3, 0.4) is 0 Å². The molecular formula is C17H22BrN5O. The van der Waals surface area contributed by atoms with E-state index in [1.165, 1.54) is 4.57 Å². The van der Waals surface area contributed by atoms with Crippen LogP contribution < -0.4 is 21.1 Å². The van der Waals surface area contributed by atoms with Gasteiger partial charge in [0.25, 0.3) is 5.56 Å². The van der Waals surface area contributed by atoms with Crippen molar-refractivity contribution in [3.05, 3.63) is 45.4 Å². The fourth-order valence-electron chi connectivity index (χ4n) is 2.99. The number of anilines is 3. The second-order valence-corrected chi connectivity index (χ2v) is 6.89. The summed E-state index contributed by atoms with van der Waals surface area (Å²) < 4.78 is 2.38. The molecule has 0 aliphatic carbocycles. The summed E-state index contributed by atoms with van der Waals surface area (Å²) >= 11 is 3.41. The third kappa shape index (κ3) is 3.62. The summed E-state index contributed by atoms with van der Waals surface area (Å²) in [6, 6.07) is 6.24. The second kappa shape index (κ2) is 7.36. The van der Waals surface area contributed by atoms with Crippen molar-refractivity contribution in [1.82, 2.24) is 14.9 Å². The standard InChI is InChI=1S/C17H22BrN5O/c1-3-13-9-19-6-7-23(13)14-4-5-16(20-10-14)21-15-8-12(18)11-22(2)17(15)24/h4-5,8,10-11,13,19H,3,6-7,9H2,1-2H3,(H,20,21)/t13-/m0/s1. The SMILES string of the molecule is CC[C@H]1CNCCN1c1ccc(Nc2cc(Br)cn(C)c2=O)nc1. The first-order valence-corrected chi connectivity index (χ1v) is 8.94. The summed E-state index contributed by atoms with van der Waals surface area (Å²) in [5, 5.41) is 6.53. The van der Waals surface area contributed by atoms with Gasteiger partial charge in [-0.25, -0.2) is 4.98 Å². The van der Waals surface area contributed by atoms with Crippen LogP contribution in [0.4, 0.5) is 17.2 Å². The van der Waals surface area contributed by atoms with Gasteiger partial charge in [-0.3, -0.25) is 4.79 Å². The molecule has 0 unspecified atom stereocenters. The monoisotopic (exact) mass is 391 g/mol. The van der Waals surface area contributed by atoms with E-state index >= 15 is 0 Å². The Bertz CT molecular complexity index is 759. The quantitative estimate of drug-likeness (QED) is 0.837. The van der Waals surface area contributed by atoms with Gasteiger partial charge in [0.15, 0.2) is 0 Å². The Kier molecular flexibility index (Phi) is 5.20. The van der Waals surface area contributed by atoms with Gasteiger partial charge in [0.05, 0.1) is 11.9 Å². The highest BCUT2D eigenvalue weighted by Crippen LogP contribution is 2.22. The molecule has 2 N–H and O–H groups in total. The van der Waals surface area contributed by atoms with E-state index in [-0.39, 0.29) is 5.56 Å². The Labute approximate surface area is 150 Å². The molecule has 1 aliphatic rings. The first-order chi connectivity index (χ1) is 11.6. The predicted molar refractivity (Wildman–Crippen MR) is 101 cm³/mol. The molecule has 1 aliphatic heterocycles. The number of nitrogens with one attached hydrogen (secondary N) is 2. The third-order valence-corrected chi connectivity index (χ3v) is 4.75. The molecule has 3 rings (SSSR count). The number of hydrogen-bond donors (Lipinski definition) is 2. The van der Waals surface area contributed by atoms with Crippen LogP contribution in [0.2, 0.25) is 0 Å². The van der Waals surface area contributed by atoms with Crippen LogP contribution in [0.1, 0.15) is 13.3 Å². The van der Waals surface area contributed by atoms with Crippen molar-refractivity contribution >= 4 is 33.1 Å². The molecule has 0 bridgehead atoms. The van der Waals surface area contributed by atoms with Gasteiger partial charge in [-0.05, 0) is 40.5 Å². The molecule has 24 heavy (non-hydrogen) atoms. The molecule has 2 aromatic rings. The maximum atomic E-state index is 12.2. The average molecular weight is 392 g/mol. The Balaban J connectivity index is 1.79. The van der Waals surface area contributed by atoms with Crippen LogP contribution in [0, 0.1) is 0 Å². The Morgan fingerprint density at radius 2 is 2.29 bits per heavy atom. The zero-order chi connectivity index (χ0) is 17.1. The van der Waals surface area contributed by atoms with Gasteiger partial charge in [0.2, 0.25) is 0 Å². The number of piperazine rings is 1. The average Bonchev–Trinajstić information content (AvgIpc) is 2.60. The molecule has 0 spiro atoms. The number of nitrogens with zero attached hydrogens (tertiary/aromatic N) is 3. The lowest BCUT2D eigenvalue weighted by atomic mass is 10.1. The van der Waals surface area contributed by atoms with E-state index in [0.717, 1.165) is 36.2 Å². The maximum Gasteiger partial charge on any atom is 0.274 e. The number of aromatic nitrogens is 2. The van der Waals surface area contributed by atoms with Crippen LogP contribution >= 0.6 is 15.9 Å². The molecule has 2 aromatic heterocycles. The molecule has 3 heterocycles.